The van der Waals surface area contributed by atoms with Gasteiger partial charge >= 0.3 is 5.97 Å². The Hall–Kier alpha value is -2.47. The normalized spacial score (nSPS) is 14.8. The maximum absolute atomic E-state index is 14.1. The van der Waals surface area contributed by atoms with Gasteiger partial charge in [0.05, 0.1) is 12.1 Å². The third kappa shape index (κ3) is 2.42. The first-order valence-corrected chi connectivity index (χ1v) is 6.92. The Bertz CT molecular complexity index is 849. The molecule has 1 fully saturated rings. The van der Waals surface area contributed by atoms with Gasteiger partial charge in [-0.3, -0.25) is 4.79 Å². The second-order valence-corrected chi connectivity index (χ2v) is 5.29. The highest BCUT2D eigenvalue weighted by atomic mass is 19.1. The summed E-state index contributed by atoms with van der Waals surface area (Å²) in [5.41, 5.74) is -0.275. The predicted octanol–water partition coefficient (Wildman–Crippen LogP) is 2.18. The van der Waals surface area contributed by atoms with Gasteiger partial charge in [-0.1, -0.05) is 12.2 Å². The molecule has 2 N–H and O–H groups in total. The van der Waals surface area contributed by atoms with Crippen LogP contribution in [-0.2, 0) is 0 Å². The van der Waals surface area contributed by atoms with Gasteiger partial charge in [-0.2, -0.15) is 0 Å². The average molecular weight is 303 g/mol. The minimum absolute atomic E-state index is 0.0606. The molecule has 0 aliphatic heterocycles. The molecule has 0 atom stereocenters. The average Bonchev–Trinajstić information content (AvgIpc) is 3.30. The smallest absolute Gasteiger partial charge is 0.341 e. The summed E-state index contributed by atoms with van der Waals surface area (Å²) in [6.45, 7) is -0.217. The lowest BCUT2D eigenvalue weighted by Crippen LogP contribution is -2.19. The molecule has 0 radical (unpaired) electrons. The minimum atomic E-state index is -1.31. The van der Waals surface area contributed by atoms with Crippen molar-refractivity contribution in [2.75, 3.05) is 6.61 Å². The largest absolute Gasteiger partial charge is 0.477 e. The van der Waals surface area contributed by atoms with Crippen LogP contribution >= 0.6 is 0 Å². The number of nitrogens with zero attached hydrogens (tertiary/aromatic N) is 1. The molecule has 0 bridgehead atoms. The molecule has 1 aliphatic rings. The molecule has 3 rings (SSSR count). The maximum Gasteiger partial charge on any atom is 0.341 e. The number of aliphatic hydroxyl groups excluding tert-OH is 1. The summed E-state index contributed by atoms with van der Waals surface area (Å²) in [7, 11) is 0. The van der Waals surface area contributed by atoms with Crippen LogP contribution in [0.25, 0.3) is 17.0 Å². The van der Waals surface area contributed by atoms with Crippen molar-refractivity contribution in [3.8, 4) is 0 Å². The van der Waals surface area contributed by atoms with Gasteiger partial charge in [-0.05, 0) is 25.0 Å². The summed E-state index contributed by atoms with van der Waals surface area (Å²) in [4.78, 5) is 23.4. The first kappa shape index (κ1) is 14.5. The number of hydrogen-bond acceptors (Lipinski definition) is 3. The van der Waals surface area contributed by atoms with Crippen molar-refractivity contribution in [2.45, 2.75) is 18.9 Å². The Kier molecular flexibility index (Phi) is 3.54. The number of rotatable bonds is 4. The molecule has 0 unspecified atom stereocenters. The van der Waals surface area contributed by atoms with Crippen molar-refractivity contribution < 1.29 is 19.4 Å². The first-order chi connectivity index (χ1) is 10.5. The summed E-state index contributed by atoms with van der Waals surface area (Å²) < 4.78 is 15.8. The van der Waals surface area contributed by atoms with Crippen molar-refractivity contribution in [1.82, 2.24) is 4.57 Å². The Morgan fingerprint density at radius 1 is 1.41 bits per heavy atom. The number of aromatic carboxylic acids is 1. The quantitative estimate of drug-likeness (QED) is 0.907. The number of hydrogen-bond donors (Lipinski definition) is 2. The fourth-order valence-electron chi connectivity index (χ4n) is 2.50. The van der Waals surface area contributed by atoms with E-state index in [4.69, 9.17) is 10.2 Å². The molecule has 2 aromatic rings. The van der Waals surface area contributed by atoms with Crippen molar-refractivity contribution in [2.24, 2.45) is 0 Å². The fraction of sp³-hybridized carbons (Fsp3) is 0.250. The van der Waals surface area contributed by atoms with E-state index >= 15 is 0 Å². The summed E-state index contributed by atoms with van der Waals surface area (Å²) >= 11 is 0. The Balaban J connectivity index is 2.34. The van der Waals surface area contributed by atoms with E-state index in [0.29, 0.717) is 5.52 Å². The number of halogens is 1. The van der Waals surface area contributed by atoms with Gasteiger partial charge in [-0.25, -0.2) is 9.18 Å². The van der Waals surface area contributed by atoms with Crippen LogP contribution in [0.15, 0.2) is 29.2 Å². The molecule has 1 aromatic heterocycles. The number of aromatic nitrogens is 1. The molecule has 1 aromatic carbocycles. The molecule has 22 heavy (non-hydrogen) atoms. The fourth-order valence-corrected chi connectivity index (χ4v) is 2.50. The number of carboxylic acid groups (broad SMARTS) is 1. The molecule has 0 amide bonds. The zero-order valence-corrected chi connectivity index (χ0v) is 11.6. The van der Waals surface area contributed by atoms with E-state index in [-0.39, 0.29) is 29.2 Å². The molecule has 0 saturated heterocycles. The molecule has 1 aliphatic carbocycles. The van der Waals surface area contributed by atoms with E-state index in [1.807, 2.05) is 0 Å². The lowest BCUT2D eigenvalue weighted by molar-refractivity contribution is 0.0695. The van der Waals surface area contributed by atoms with Gasteiger partial charge in [0.15, 0.2) is 0 Å². The molecule has 5 nitrogen and oxygen atoms in total. The minimum Gasteiger partial charge on any atom is -0.477 e. The van der Waals surface area contributed by atoms with Gasteiger partial charge in [0.25, 0.3) is 0 Å². The summed E-state index contributed by atoms with van der Waals surface area (Å²) in [5.74, 6) is -1.94. The zero-order valence-electron chi connectivity index (χ0n) is 11.6. The van der Waals surface area contributed by atoms with E-state index in [9.17, 15) is 14.0 Å². The Labute approximate surface area is 124 Å². The number of fused-ring (bicyclic) bond motifs is 1. The van der Waals surface area contributed by atoms with Crippen molar-refractivity contribution in [1.29, 1.82) is 0 Å². The van der Waals surface area contributed by atoms with Crippen molar-refractivity contribution in [3.63, 3.8) is 0 Å². The molecule has 1 saturated carbocycles. The molecule has 6 heteroatoms. The van der Waals surface area contributed by atoms with Gasteiger partial charge in [0.2, 0.25) is 5.43 Å². The van der Waals surface area contributed by atoms with Gasteiger partial charge in [0, 0.05) is 23.2 Å². The monoisotopic (exact) mass is 303 g/mol. The highest BCUT2D eigenvalue weighted by Crippen LogP contribution is 2.37. The third-order valence-corrected chi connectivity index (χ3v) is 3.72. The second kappa shape index (κ2) is 5.38. The predicted molar refractivity (Wildman–Crippen MR) is 79.5 cm³/mol. The topological polar surface area (TPSA) is 79.5 Å². The molecule has 0 spiro atoms. The molecular weight excluding hydrogens is 289 g/mol. The standard InChI is InChI=1S/C16H14FNO4/c17-13-7-11-14(6-9(13)2-1-5-19)18(10-3-4-10)8-12(15(11)20)16(21)22/h1-2,6-8,10,19H,3-5H2,(H,21,22)/b2-1+. The van der Waals surface area contributed by atoms with Crippen LogP contribution in [0.2, 0.25) is 0 Å². The van der Waals surface area contributed by atoms with Crippen LogP contribution in [0.4, 0.5) is 4.39 Å². The number of aliphatic hydroxyl groups is 1. The van der Waals surface area contributed by atoms with Crippen LogP contribution in [-0.4, -0.2) is 27.4 Å². The lowest BCUT2D eigenvalue weighted by atomic mass is 10.1. The number of pyridine rings is 1. The SMILES string of the molecule is O=C(O)c1cn(C2CC2)c2cc(/C=C/CO)c(F)cc2c1=O. The van der Waals surface area contributed by atoms with E-state index in [0.717, 1.165) is 18.9 Å². The lowest BCUT2D eigenvalue weighted by Gasteiger charge is -2.12. The van der Waals surface area contributed by atoms with Crippen molar-refractivity contribution in [3.05, 3.63) is 51.6 Å². The van der Waals surface area contributed by atoms with Gasteiger partial charge < -0.3 is 14.8 Å². The van der Waals surface area contributed by atoms with Crippen LogP contribution in [0, 0.1) is 5.82 Å². The summed E-state index contributed by atoms with van der Waals surface area (Å²) in [6, 6.07) is 2.73. The Morgan fingerprint density at radius 3 is 2.73 bits per heavy atom. The second-order valence-electron chi connectivity index (χ2n) is 5.29. The maximum atomic E-state index is 14.1. The van der Waals surface area contributed by atoms with Crippen LogP contribution in [0.3, 0.4) is 0 Å². The van der Waals surface area contributed by atoms with E-state index in [1.54, 1.807) is 4.57 Å². The summed E-state index contributed by atoms with van der Waals surface area (Å²) in [6.07, 6.45) is 5.96. The molecular formula is C16H14FNO4. The number of carboxylic acids is 1. The zero-order chi connectivity index (χ0) is 15.9. The van der Waals surface area contributed by atoms with E-state index in [1.165, 1.54) is 24.4 Å². The number of carbonyl (C=O) groups is 1. The molecule has 1 heterocycles. The van der Waals surface area contributed by atoms with Gasteiger partial charge in [0.1, 0.15) is 11.4 Å². The van der Waals surface area contributed by atoms with Crippen molar-refractivity contribution >= 4 is 22.9 Å². The first-order valence-electron chi connectivity index (χ1n) is 6.92. The van der Waals surface area contributed by atoms with E-state index in [2.05, 4.69) is 0 Å². The number of benzene rings is 1. The molecule has 114 valence electrons. The highest BCUT2D eigenvalue weighted by Gasteiger charge is 2.27. The highest BCUT2D eigenvalue weighted by molar-refractivity contribution is 5.93. The Morgan fingerprint density at radius 2 is 2.14 bits per heavy atom. The van der Waals surface area contributed by atoms with E-state index < -0.39 is 17.2 Å². The van der Waals surface area contributed by atoms with Gasteiger partial charge in [-0.15, -0.1) is 0 Å². The summed E-state index contributed by atoms with van der Waals surface area (Å²) in [5, 5.41) is 18.0. The third-order valence-electron chi connectivity index (χ3n) is 3.72. The van der Waals surface area contributed by atoms with Crippen LogP contribution in [0.5, 0.6) is 0 Å². The van der Waals surface area contributed by atoms with Crippen LogP contribution in [0.1, 0.15) is 34.8 Å². The van der Waals surface area contributed by atoms with Crippen LogP contribution < -0.4 is 5.43 Å².